The van der Waals surface area contributed by atoms with Crippen molar-refractivity contribution in [2.24, 2.45) is 5.73 Å². The lowest BCUT2D eigenvalue weighted by atomic mass is 9.85. The van der Waals surface area contributed by atoms with Gasteiger partial charge in [0, 0.05) is 17.9 Å². The van der Waals surface area contributed by atoms with Crippen LogP contribution in [-0.4, -0.2) is 29.7 Å². The smallest absolute Gasteiger partial charge is 0.140 e. The first-order valence-electron chi connectivity index (χ1n) is 5.83. The normalized spacial score (nSPS) is 18.2. The van der Waals surface area contributed by atoms with E-state index < -0.39 is 0 Å². The van der Waals surface area contributed by atoms with Crippen molar-refractivity contribution in [2.75, 3.05) is 19.8 Å². The van der Waals surface area contributed by atoms with E-state index in [9.17, 15) is 0 Å². The van der Waals surface area contributed by atoms with Crippen molar-refractivity contribution in [2.45, 2.75) is 32.1 Å². The molecule has 1 saturated heterocycles. The lowest BCUT2D eigenvalue weighted by Gasteiger charge is -2.39. The number of aromatic nitrogens is 2. The van der Waals surface area contributed by atoms with Gasteiger partial charge in [0.25, 0.3) is 0 Å². The van der Waals surface area contributed by atoms with Crippen molar-refractivity contribution in [3.63, 3.8) is 0 Å². The van der Waals surface area contributed by atoms with Gasteiger partial charge in [-0.15, -0.1) is 0 Å². The van der Waals surface area contributed by atoms with E-state index in [0.29, 0.717) is 19.8 Å². The summed E-state index contributed by atoms with van der Waals surface area (Å²) in [5.41, 5.74) is 7.82. The summed E-state index contributed by atoms with van der Waals surface area (Å²) in [5.74, 6) is 0.865. The van der Waals surface area contributed by atoms with Crippen LogP contribution in [0.25, 0.3) is 0 Å². The molecule has 1 aromatic rings. The van der Waals surface area contributed by atoms with Crippen molar-refractivity contribution < 1.29 is 4.74 Å². The largest absolute Gasteiger partial charge is 0.379 e. The van der Waals surface area contributed by atoms with Gasteiger partial charge in [0.05, 0.1) is 18.6 Å². The summed E-state index contributed by atoms with van der Waals surface area (Å²) in [4.78, 5) is 9.13. The monoisotopic (exact) mass is 221 g/mol. The van der Waals surface area contributed by atoms with E-state index >= 15 is 0 Å². The van der Waals surface area contributed by atoms with Gasteiger partial charge < -0.3 is 10.5 Å². The molecular weight excluding hydrogens is 202 g/mol. The third kappa shape index (κ3) is 1.95. The second-order valence-corrected chi connectivity index (χ2v) is 4.55. The molecule has 2 N–H and O–H groups in total. The molecule has 4 heteroatoms. The van der Waals surface area contributed by atoms with Crippen LogP contribution in [0.5, 0.6) is 0 Å². The first-order chi connectivity index (χ1) is 7.70. The summed E-state index contributed by atoms with van der Waals surface area (Å²) >= 11 is 0. The van der Waals surface area contributed by atoms with Crippen molar-refractivity contribution >= 4 is 0 Å². The molecule has 1 fully saturated rings. The fourth-order valence-electron chi connectivity index (χ4n) is 1.94. The van der Waals surface area contributed by atoms with Crippen LogP contribution in [0.1, 0.15) is 30.6 Å². The minimum Gasteiger partial charge on any atom is -0.379 e. The highest BCUT2D eigenvalue weighted by Gasteiger charge is 2.42. The van der Waals surface area contributed by atoms with E-state index in [1.165, 1.54) is 0 Å². The fourth-order valence-corrected chi connectivity index (χ4v) is 1.94. The Hall–Kier alpha value is -1.00. The van der Waals surface area contributed by atoms with Crippen LogP contribution >= 0.6 is 0 Å². The van der Waals surface area contributed by atoms with E-state index in [2.05, 4.69) is 23.0 Å². The molecule has 4 nitrogen and oxygen atoms in total. The third-order valence-electron chi connectivity index (χ3n) is 3.04. The van der Waals surface area contributed by atoms with Gasteiger partial charge in [0.1, 0.15) is 5.82 Å². The molecule has 0 aliphatic carbocycles. The number of hydrogen-bond acceptors (Lipinski definition) is 4. The van der Waals surface area contributed by atoms with Gasteiger partial charge in [0.15, 0.2) is 0 Å². The minimum absolute atomic E-state index is 0.130. The third-order valence-corrected chi connectivity index (χ3v) is 3.04. The molecular formula is C12H19N3O. The summed E-state index contributed by atoms with van der Waals surface area (Å²) in [7, 11) is 0. The zero-order valence-corrected chi connectivity index (χ0v) is 9.99. The minimum atomic E-state index is -0.130. The molecule has 0 bridgehead atoms. The highest BCUT2D eigenvalue weighted by atomic mass is 16.5. The highest BCUT2D eigenvalue weighted by Crippen LogP contribution is 2.29. The van der Waals surface area contributed by atoms with Crippen LogP contribution in [0.4, 0.5) is 0 Å². The predicted octanol–water partition coefficient (Wildman–Crippen LogP) is 0.964. The number of rotatable bonds is 4. The second-order valence-electron chi connectivity index (χ2n) is 4.55. The van der Waals surface area contributed by atoms with E-state index in [0.717, 1.165) is 30.1 Å². The maximum absolute atomic E-state index is 5.81. The van der Waals surface area contributed by atoms with Crippen LogP contribution in [-0.2, 0) is 16.6 Å². The van der Waals surface area contributed by atoms with Crippen LogP contribution in [0.3, 0.4) is 0 Å². The molecule has 2 rings (SSSR count). The molecule has 1 aliphatic heterocycles. The number of ether oxygens (including phenoxy) is 1. The van der Waals surface area contributed by atoms with Crippen molar-refractivity contribution in [3.05, 3.63) is 23.3 Å². The summed E-state index contributed by atoms with van der Waals surface area (Å²) in [6.07, 6.45) is 2.10. The number of nitrogens with zero attached hydrogens (tertiary/aromatic N) is 2. The number of hydrogen-bond donors (Lipinski definition) is 1. The quantitative estimate of drug-likeness (QED) is 0.822. The van der Waals surface area contributed by atoms with E-state index in [1.54, 1.807) is 0 Å². The van der Waals surface area contributed by atoms with Crippen molar-refractivity contribution in [3.8, 4) is 0 Å². The van der Waals surface area contributed by atoms with Crippen LogP contribution in [0.15, 0.2) is 6.07 Å². The van der Waals surface area contributed by atoms with Gasteiger partial charge in [-0.3, -0.25) is 0 Å². The summed E-state index contributed by atoms with van der Waals surface area (Å²) in [5, 5.41) is 0. The fraction of sp³-hybridized carbons (Fsp3) is 0.667. The molecule has 88 valence electrons. The van der Waals surface area contributed by atoms with Crippen molar-refractivity contribution in [1.29, 1.82) is 0 Å². The average Bonchev–Trinajstić information content (AvgIpc) is 2.16. The molecule has 1 aromatic heterocycles. The average molecular weight is 221 g/mol. The Morgan fingerprint density at radius 3 is 2.69 bits per heavy atom. The Labute approximate surface area is 96.2 Å². The Kier molecular flexibility index (Phi) is 3.21. The van der Waals surface area contributed by atoms with Crippen molar-refractivity contribution in [1.82, 2.24) is 9.97 Å². The molecule has 2 heterocycles. The Morgan fingerprint density at radius 2 is 2.19 bits per heavy atom. The Bertz CT molecular complexity index is 369. The summed E-state index contributed by atoms with van der Waals surface area (Å²) in [6.45, 7) is 6.02. The summed E-state index contributed by atoms with van der Waals surface area (Å²) in [6, 6.07) is 2.05. The zero-order valence-electron chi connectivity index (χ0n) is 9.99. The molecule has 0 aromatic carbocycles. The van der Waals surface area contributed by atoms with Gasteiger partial charge in [-0.1, -0.05) is 13.3 Å². The van der Waals surface area contributed by atoms with Gasteiger partial charge >= 0.3 is 0 Å². The first kappa shape index (κ1) is 11.5. The highest BCUT2D eigenvalue weighted by molar-refractivity contribution is 5.19. The van der Waals surface area contributed by atoms with Gasteiger partial charge in [0.2, 0.25) is 0 Å². The second kappa shape index (κ2) is 4.47. The van der Waals surface area contributed by atoms with E-state index in [-0.39, 0.29) is 5.41 Å². The molecule has 0 atom stereocenters. The Balaban J connectivity index is 2.32. The van der Waals surface area contributed by atoms with E-state index in [1.807, 2.05) is 6.92 Å². The molecule has 0 spiro atoms. The SMILES string of the molecule is CCCc1cc(C)nc(C2(CN)COC2)n1. The molecule has 0 radical (unpaired) electrons. The first-order valence-corrected chi connectivity index (χ1v) is 5.83. The topological polar surface area (TPSA) is 61.0 Å². The zero-order chi connectivity index (χ0) is 11.6. The van der Waals surface area contributed by atoms with Crippen LogP contribution in [0.2, 0.25) is 0 Å². The number of aryl methyl sites for hydroxylation is 2. The van der Waals surface area contributed by atoms with Gasteiger partial charge in [-0.2, -0.15) is 0 Å². The molecule has 0 unspecified atom stereocenters. The predicted molar refractivity (Wildman–Crippen MR) is 62.3 cm³/mol. The lowest BCUT2D eigenvalue weighted by molar-refractivity contribution is -0.0595. The molecule has 0 amide bonds. The van der Waals surface area contributed by atoms with E-state index in [4.69, 9.17) is 10.5 Å². The molecule has 1 aliphatic rings. The Morgan fingerprint density at radius 1 is 1.44 bits per heavy atom. The van der Waals surface area contributed by atoms with Gasteiger partial charge in [-0.25, -0.2) is 9.97 Å². The lowest BCUT2D eigenvalue weighted by Crippen LogP contribution is -2.53. The molecule has 0 saturated carbocycles. The molecule has 16 heavy (non-hydrogen) atoms. The maximum atomic E-state index is 5.81. The van der Waals surface area contributed by atoms with Crippen LogP contribution < -0.4 is 5.73 Å². The number of nitrogens with two attached hydrogens (primary N) is 1. The van der Waals surface area contributed by atoms with Gasteiger partial charge in [-0.05, 0) is 19.4 Å². The maximum Gasteiger partial charge on any atom is 0.140 e. The summed E-state index contributed by atoms with van der Waals surface area (Å²) < 4.78 is 5.26. The van der Waals surface area contributed by atoms with Crippen LogP contribution in [0, 0.1) is 6.92 Å². The standard InChI is InChI=1S/C12H19N3O/c1-3-4-10-5-9(2)14-11(15-10)12(6-13)7-16-8-12/h5H,3-4,6-8,13H2,1-2H3.